The number of aromatic nitrogens is 1. The molecule has 112 valence electrons. The van der Waals surface area contributed by atoms with Crippen LogP contribution in [0.5, 0.6) is 0 Å². The van der Waals surface area contributed by atoms with Crippen LogP contribution < -0.4 is 0 Å². The van der Waals surface area contributed by atoms with Crippen LogP contribution >= 0.6 is 0 Å². The fraction of sp³-hybridized carbons (Fsp3) is 0.714. The average molecular weight is 282 g/mol. The summed E-state index contributed by atoms with van der Waals surface area (Å²) in [7, 11) is 1.60. The van der Waals surface area contributed by atoms with E-state index in [4.69, 9.17) is 9.26 Å². The molecule has 1 aromatic rings. The molecule has 1 atom stereocenters. The van der Waals surface area contributed by atoms with Gasteiger partial charge >= 0.3 is 5.97 Å². The summed E-state index contributed by atoms with van der Waals surface area (Å²) in [6.45, 7) is 3.71. The molecular formula is C14H22N2O4. The first-order valence-corrected chi connectivity index (χ1v) is 7.04. The number of likely N-dealkylation sites (tertiary alicyclic amines) is 1. The molecule has 0 aromatic carbocycles. The van der Waals surface area contributed by atoms with E-state index in [0.29, 0.717) is 31.8 Å². The Morgan fingerprint density at radius 1 is 1.65 bits per heavy atom. The van der Waals surface area contributed by atoms with Gasteiger partial charge in [0.1, 0.15) is 12.1 Å². The second-order valence-corrected chi connectivity index (χ2v) is 5.33. The number of ether oxygens (including phenoxy) is 1. The number of carboxylic acids is 1. The Labute approximate surface area is 118 Å². The fourth-order valence-corrected chi connectivity index (χ4v) is 3.05. The summed E-state index contributed by atoms with van der Waals surface area (Å²) < 4.78 is 10.1. The molecule has 1 N–H and O–H groups in total. The number of carboxylic acid groups (broad SMARTS) is 1. The molecule has 1 aromatic heterocycles. The van der Waals surface area contributed by atoms with Crippen LogP contribution in [0.2, 0.25) is 0 Å². The number of methoxy groups -OCH3 is 1. The van der Waals surface area contributed by atoms with Crippen molar-refractivity contribution in [1.29, 1.82) is 0 Å². The third-order valence-electron chi connectivity index (χ3n) is 3.93. The third-order valence-corrected chi connectivity index (χ3v) is 3.93. The zero-order valence-corrected chi connectivity index (χ0v) is 12.1. The van der Waals surface area contributed by atoms with Crippen molar-refractivity contribution < 1.29 is 19.2 Å². The second-order valence-electron chi connectivity index (χ2n) is 5.33. The van der Waals surface area contributed by atoms with Crippen LogP contribution in [0.1, 0.15) is 44.1 Å². The van der Waals surface area contributed by atoms with Crippen molar-refractivity contribution in [1.82, 2.24) is 10.1 Å². The topological polar surface area (TPSA) is 75.8 Å². The van der Waals surface area contributed by atoms with Gasteiger partial charge < -0.3 is 14.4 Å². The number of carbonyl (C=O) groups is 1. The highest BCUT2D eigenvalue weighted by Crippen LogP contribution is 2.35. The quantitative estimate of drug-likeness (QED) is 0.824. The highest BCUT2D eigenvalue weighted by atomic mass is 16.5. The second kappa shape index (κ2) is 6.37. The maximum absolute atomic E-state index is 11.7. The van der Waals surface area contributed by atoms with E-state index in [1.165, 1.54) is 0 Å². The number of nitrogens with zero attached hydrogens (tertiary/aromatic N) is 2. The lowest BCUT2D eigenvalue weighted by Crippen LogP contribution is -2.50. The summed E-state index contributed by atoms with van der Waals surface area (Å²) in [5.74, 6) is -0.0597. The van der Waals surface area contributed by atoms with Gasteiger partial charge in [0.2, 0.25) is 0 Å². The van der Waals surface area contributed by atoms with E-state index in [-0.39, 0.29) is 0 Å². The lowest BCUT2D eigenvalue weighted by molar-refractivity contribution is -0.150. The monoisotopic (exact) mass is 282 g/mol. The van der Waals surface area contributed by atoms with Gasteiger partial charge in [-0.05, 0) is 25.8 Å². The first kappa shape index (κ1) is 15.0. The minimum absolute atomic E-state index is 0.381. The summed E-state index contributed by atoms with van der Waals surface area (Å²) in [5, 5.41) is 13.6. The normalized spacial score (nSPS) is 23.3. The minimum atomic E-state index is -0.741. The largest absolute Gasteiger partial charge is 0.480 e. The number of hydrogen-bond acceptors (Lipinski definition) is 5. The standard InChI is InChI=1S/C14H22N2O4/c1-3-5-14(13(17)18)6-4-7-16(14)9-11-8-12(10-19-2)20-15-11/h8H,3-7,9-10H2,1-2H3,(H,17,18). The lowest BCUT2D eigenvalue weighted by Gasteiger charge is -2.34. The molecule has 1 unspecified atom stereocenters. The zero-order chi connectivity index (χ0) is 14.6. The lowest BCUT2D eigenvalue weighted by atomic mass is 9.90. The Kier molecular flexibility index (Phi) is 4.77. The average Bonchev–Trinajstić information content (AvgIpc) is 3.00. The van der Waals surface area contributed by atoms with Crippen molar-refractivity contribution in [3.8, 4) is 0 Å². The number of aliphatic carboxylic acids is 1. The molecule has 0 spiro atoms. The number of hydrogen-bond donors (Lipinski definition) is 1. The van der Waals surface area contributed by atoms with Crippen molar-refractivity contribution >= 4 is 5.97 Å². The zero-order valence-electron chi connectivity index (χ0n) is 12.1. The molecule has 0 radical (unpaired) electrons. The molecule has 2 heterocycles. The SMILES string of the molecule is CCCC1(C(=O)O)CCCN1Cc1cc(COC)on1. The van der Waals surface area contributed by atoms with Gasteiger partial charge in [0.15, 0.2) is 5.76 Å². The Morgan fingerprint density at radius 2 is 2.45 bits per heavy atom. The highest BCUT2D eigenvalue weighted by Gasteiger charge is 2.46. The van der Waals surface area contributed by atoms with Crippen molar-refractivity contribution in [2.75, 3.05) is 13.7 Å². The predicted octanol–water partition coefficient (Wildman–Crippen LogP) is 2.04. The van der Waals surface area contributed by atoms with Crippen LogP contribution in [0.3, 0.4) is 0 Å². The Morgan fingerprint density at radius 3 is 3.10 bits per heavy atom. The van der Waals surface area contributed by atoms with Gasteiger partial charge in [-0.1, -0.05) is 18.5 Å². The fourth-order valence-electron chi connectivity index (χ4n) is 3.05. The summed E-state index contributed by atoms with van der Waals surface area (Å²) in [5.41, 5.74) is 0.0236. The van der Waals surface area contributed by atoms with Crippen LogP contribution in [0.15, 0.2) is 10.6 Å². The molecule has 0 saturated carbocycles. The van der Waals surface area contributed by atoms with Crippen LogP contribution in [0, 0.1) is 0 Å². The summed E-state index contributed by atoms with van der Waals surface area (Å²) in [6, 6.07) is 1.83. The smallest absolute Gasteiger partial charge is 0.324 e. The maximum atomic E-state index is 11.7. The molecule has 1 aliphatic rings. The van der Waals surface area contributed by atoms with Gasteiger partial charge in [-0.2, -0.15) is 0 Å². The Bertz CT molecular complexity index is 460. The molecule has 0 bridgehead atoms. The minimum Gasteiger partial charge on any atom is -0.480 e. The first-order chi connectivity index (χ1) is 9.62. The molecule has 6 nitrogen and oxygen atoms in total. The molecule has 1 aliphatic heterocycles. The molecule has 0 aliphatic carbocycles. The summed E-state index contributed by atoms with van der Waals surface area (Å²) in [6.07, 6.45) is 3.15. The van der Waals surface area contributed by atoms with E-state index < -0.39 is 11.5 Å². The molecule has 0 amide bonds. The molecule has 1 fully saturated rings. The molecule has 1 saturated heterocycles. The van der Waals surface area contributed by atoms with E-state index in [9.17, 15) is 9.90 Å². The Balaban J connectivity index is 2.11. The summed E-state index contributed by atoms with van der Waals surface area (Å²) >= 11 is 0. The van der Waals surface area contributed by atoms with Crippen LogP contribution in [-0.4, -0.2) is 40.3 Å². The van der Waals surface area contributed by atoms with Gasteiger partial charge in [-0.15, -0.1) is 0 Å². The Hall–Kier alpha value is -1.40. The highest BCUT2D eigenvalue weighted by molar-refractivity contribution is 5.79. The van der Waals surface area contributed by atoms with Crippen LogP contribution in [0.25, 0.3) is 0 Å². The van der Waals surface area contributed by atoms with Crippen molar-refractivity contribution in [2.24, 2.45) is 0 Å². The van der Waals surface area contributed by atoms with Crippen molar-refractivity contribution in [3.05, 3.63) is 17.5 Å². The number of rotatable bonds is 7. The van der Waals surface area contributed by atoms with Gasteiger partial charge in [-0.3, -0.25) is 9.69 Å². The predicted molar refractivity (Wildman–Crippen MR) is 72.1 cm³/mol. The van der Waals surface area contributed by atoms with E-state index in [1.807, 2.05) is 17.9 Å². The van der Waals surface area contributed by atoms with Gasteiger partial charge in [0, 0.05) is 19.7 Å². The summed E-state index contributed by atoms with van der Waals surface area (Å²) in [4.78, 5) is 13.7. The molecular weight excluding hydrogens is 260 g/mol. The van der Waals surface area contributed by atoms with E-state index in [0.717, 1.165) is 25.1 Å². The third kappa shape index (κ3) is 2.86. The van der Waals surface area contributed by atoms with Crippen molar-refractivity contribution in [3.63, 3.8) is 0 Å². The molecule has 6 heteroatoms. The molecule has 2 rings (SSSR count). The maximum Gasteiger partial charge on any atom is 0.324 e. The van der Waals surface area contributed by atoms with Crippen molar-refractivity contribution in [2.45, 2.75) is 51.3 Å². The van der Waals surface area contributed by atoms with Gasteiger partial charge in [0.05, 0.1) is 5.69 Å². The first-order valence-electron chi connectivity index (χ1n) is 7.04. The molecule has 20 heavy (non-hydrogen) atoms. The van der Waals surface area contributed by atoms with Gasteiger partial charge in [0.25, 0.3) is 0 Å². The van der Waals surface area contributed by atoms with E-state index in [2.05, 4.69) is 5.16 Å². The van der Waals surface area contributed by atoms with E-state index >= 15 is 0 Å². The van der Waals surface area contributed by atoms with Gasteiger partial charge in [-0.25, -0.2) is 0 Å². The van der Waals surface area contributed by atoms with Crippen LogP contribution in [-0.2, 0) is 22.7 Å². The van der Waals surface area contributed by atoms with Crippen LogP contribution in [0.4, 0.5) is 0 Å². The van der Waals surface area contributed by atoms with E-state index in [1.54, 1.807) is 7.11 Å².